The zero-order chi connectivity index (χ0) is 10.8. The third-order valence-corrected chi connectivity index (χ3v) is 3.86. The first-order valence-corrected chi connectivity index (χ1v) is 6.48. The van der Waals surface area contributed by atoms with E-state index in [4.69, 9.17) is 0 Å². The first-order chi connectivity index (χ1) is 7.18. The van der Waals surface area contributed by atoms with Crippen molar-refractivity contribution < 1.29 is 0 Å². The van der Waals surface area contributed by atoms with Crippen LogP contribution in [0.5, 0.6) is 0 Å². The lowest BCUT2D eigenvalue weighted by molar-refractivity contribution is 0.262. The highest BCUT2D eigenvalue weighted by atomic mass is 79.9. The van der Waals surface area contributed by atoms with Crippen molar-refractivity contribution in [1.29, 1.82) is 0 Å². The molecule has 1 aliphatic rings. The summed E-state index contributed by atoms with van der Waals surface area (Å²) in [4.78, 5) is 2.58. The minimum atomic E-state index is 0.570. The molecule has 82 valence electrons. The second-order valence-electron chi connectivity index (χ2n) is 4.42. The molecular weight excluding hydrogens is 250 g/mol. The number of hydrogen-bond donors (Lipinski definition) is 0. The van der Waals surface area contributed by atoms with Crippen LogP contribution < -0.4 is 0 Å². The van der Waals surface area contributed by atoms with Gasteiger partial charge in [0, 0.05) is 10.5 Å². The van der Waals surface area contributed by atoms with Crippen LogP contribution in [0.2, 0.25) is 0 Å². The molecule has 1 unspecified atom stereocenters. The molecule has 0 aromatic heterocycles. The number of benzene rings is 1. The monoisotopic (exact) mass is 267 g/mol. The molecule has 1 saturated heterocycles. The Balaban J connectivity index is 2.20. The molecule has 2 heteroatoms. The summed E-state index contributed by atoms with van der Waals surface area (Å²) in [6.45, 7) is 7.04. The molecule has 0 radical (unpaired) electrons. The molecule has 2 rings (SSSR count). The zero-order valence-corrected chi connectivity index (χ0v) is 11.0. The number of halogens is 1. The van der Waals surface area contributed by atoms with Gasteiger partial charge in [0.05, 0.1) is 0 Å². The minimum absolute atomic E-state index is 0.570. The SMILES string of the molecule is Cc1cc(Br)ccc1C(C)N1CCCC1. The van der Waals surface area contributed by atoms with Crippen molar-refractivity contribution >= 4 is 15.9 Å². The summed E-state index contributed by atoms with van der Waals surface area (Å²) in [5.41, 5.74) is 2.86. The second-order valence-corrected chi connectivity index (χ2v) is 5.34. The highest BCUT2D eigenvalue weighted by molar-refractivity contribution is 9.10. The van der Waals surface area contributed by atoms with Gasteiger partial charge in [-0.3, -0.25) is 4.90 Å². The van der Waals surface area contributed by atoms with Gasteiger partial charge < -0.3 is 0 Å². The van der Waals surface area contributed by atoms with Crippen molar-refractivity contribution in [1.82, 2.24) is 4.90 Å². The first-order valence-electron chi connectivity index (χ1n) is 5.68. The maximum absolute atomic E-state index is 3.52. The van der Waals surface area contributed by atoms with Crippen LogP contribution in [0, 0.1) is 6.92 Å². The van der Waals surface area contributed by atoms with Gasteiger partial charge in [-0.05, 0) is 63.0 Å². The third kappa shape index (κ3) is 2.43. The van der Waals surface area contributed by atoms with Crippen molar-refractivity contribution in [3.63, 3.8) is 0 Å². The number of aryl methyl sites for hydroxylation is 1. The maximum Gasteiger partial charge on any atom is 0.0322 e. The van der Waals surface area contributed by atoms with E-state index in [2.05, 4.69) is 52.9 Å². The Kier molecular flexibility index (Phi) is 3.47. The summed E-state index contributed by atoms with van der Waals surface area (Å²) in [6.07, 6.45) is 2.72. The van der Waals surface area contributed by atoms with Crippen LogP contribution in [0.15, 0.2) is 22.7 Å². The highest BCUT2D eigenvalue weighted by Crippen LogP contribution is 2.28. The average Bonchev–Trinajstić information content (AvgIpc) is 2.69. The number of likely N-dealkylation sites (tertiary alicyclic amines) is 1. The molecule has 1 heterocycles. The van der Waals surface area contributed by atoms with Crippen LogP contribution in [0.25, 0.3) is 0 Å². The van der Waals surface area contributed by atoms with E-state index < -0.39 is 0 Å². The van der Waals surface area contributed by atoms with E-state index in [0.717, 1.165) is 0 Å². The summed E-state index contributed by atoms with van der Waals surface area (Å²) in [7, 11) is 0. The van der Waals surface area contributed by atoms with Gasteiger partial charge >= 0.3 is 0 Å². The predicted molar refractivity (Wildman–Crippen MR) is 68.1 cm³/mol. The molecule has 0 spiro atoms. The van der Waals surface area contributed by atoms with Gasteiger partial charge in [0.25, 0.3) is 0 Å². The van der Waals surface area contributed by atoms with Gasteiger partial charge in [-0.15, -0.1) is 0 Å². The van der Waals surface area contributed by atoms with Crippen LogP contribution in [-0.2, 0) is 0 Å². The number of hydrogen-bond acceptors (Lipinski definition) is 1. The Bertz CT molecular complexity index is 342. The van der Waals surface area contributed by atoms with E-state index in [1.807, 2.05) is 0 Å². The summed E-state index contributed by atoms with van der Waals surface area (Å²) in [5.74, 6) is 0. The van der Waals surface area contributed by atoms with Crippen molar-refractivity contribution in [3.05, 3.63) is 33.8 Å². The van der Waals surface area contributed by atoms with E-state index >= 15 is 0 Å². The normalized spacial score (nSPS) is 19.4. The molecule has 1 nitrogen and oxygen atoms in total. The van der Waals surface area contributed by atoms with Gasteiger partial charge in [0.15, 0.2) is 0 Å². The number of nitrogens with zero attached hydrogens (tertiary/aromatic N) is 1. The summed E-state index contributed by atoms with van der Waals surface area (Å²) in [5, 5.41) is 0. The van der Waals surface area contributed by atoms with Crippen LogP contribution in [-0.4, -0.2) is 18.0 Å². The van der Waals surface area contributed by atoms with Crippen LogP contribution in [0.3, 0.4) is 0 Å². The summed E-state index contributed by atoms with van der Waals surface area (Å²) >= 11 is 3.52. The average molecular weight is 268 g/mol. The molecule has 1 aromatic rings. The van der Waals surface area contributed by atoms with Crippen LogP contribution in [0.4, 0.5) is 0 Å². The second kappa shape index (κ2) is 4.67. The lowest BCUT2D eigenvalue weighted by atomic mass is 10.0. The third-order valence-electron chi connectivity index (χ3n) is 3.37. The lowest BCUT2D eigenvalue weighted by Crippen LogP contribution is -2.23. The number of rotatable bonds is 2. The molecule has 0 saturated carbocycles. The molecule has 1 aromatic carbocycles. The van der Waals surface area contributed by atoms with Crippen molar-refractivity contribution in [2.24, 2.45) is 0 Å². The van der Waals surface area contributed by atoms with E-state index in [1.54, 1.807) is 0 Å². The maximum atomic E-state index is 3.52. The van der Waals surface area contributed by atoms with Crippen molar-refractivity contribution in [3.8, 4) is 0 Å². The van der Waals surface area contributed by atoms with Crippen LogP contribution in [0.1, 0.15) is 36.9 Å². The minimum Gasteiger partial charge on any atom is -0.297 e. The highest BCUT2D eigenvalue weighted by Gasteiger charge is 2.20. The zero-order valence-electron chi connectivity index (χ0n) is 9.46. The fraction of sp³-hybridized carbons (Fsp3) is 0.538. The van der Waals surface area contributed by atoms with E-state index in [-0.39, 0.29) is 0 Å². The molecule has 1 atom stereocenters. The molecule has 1 aliphatic heterocycles. The van der Waals surface area contributed by atoms with Crippen molar-refractivity contribution in [2.45, 2.75) is 32.7 Å². The van der Waals surface area contributed by atoms with E-state index in [9.17, 15) is 0 Å². The Hall–Kier alpha value is -0.340. The smallest absolute Gasteiger partial charge is 0.0322 e. The fourth-order valence-corrected chi connectivity index (χ4v) is 2.91. The quantitative estimate of drug-likeness (QED) is 0.786. The molecule has 1 fully saturated rings. The van der Waals surface area contributed by atoms with Gasteiger partial charge in [-0.25, -0.2) is 0 Å². The molecule has 0 bridgehead atoms. The summed E-state index contributed by atoms with van der Waals surface area (Å²) in [6, 6.07) is 7.18. The topological polar surface area (TPSA) is 3.24 Å². The van der Waals surface area contributed by atoms with Gasteiger partial charge in [-0.2, -0.15) is 0 Å². The molecule has 0 N–H and O–H groups in total. The summed E-state index contributed by atoms with van der Waals surface area (Å²) < 4.78 is 1.18. The lowest BCUT2D eigenvalue weighted by Gasteiger charge is -2.25. The van der Waals surface area contributed by atoms with Gasteiger partial charge in [0.1, 0.15) is 0 Å². The predicted octanol–water partition coefficient (Wildman–Crippen LogP) is 3.91. The Morgan fingerprint density at radius 2 is 1.93 bits per heavy atom. The van der Waals surface area contributed by atoms with Crippen molar-refractivity contribution in [2.75, 3.05) is 13.1 Å². The van der Waals surface area contributed by atoms with Gasteiger partial charge in [-0.1, -0.05) is 22.0 Å². The molecular formula is C13H18BrN. The standard InChI is InChI=1S/C13H18BrN/c1-10-9-12(14)5-6-13(10)11(2)15-7-3-4-8-15/h5-6,9,11H,3-4,7-8H2,1-2H3. The first kappa shape index (κ1) is 11.2. The van der Waals surface area contributed by atoms with E-state index in [1.165, 1.54) is 41.5 Å². The molecule has 0 aliphatic carbocycles. The van der Waals surface area contributed by atoms with E-state index in [0.29, 0.717) is 6.04 Å². The Labute approximate surface area is 101 Å². The largest absolute Gasteiger partial charge is 0.297 e. The fourth-order valence-electron chi connectivity index (χ4n) is 2.43. The Morgan fingerprint density at radius 3 is 2.53 bits per heavy atom. The Morgan fingerprint density at radius 1 is 1.27 bits per heavy atom. The van der Waals surface area contributed by atoms with Gasteiger partial charge in [0.2, 0.25) is 0 Å². The molecule has 15 heavy (non-hydrogen) atoms. The molecule has 0 amide bonds. The van der Waals surface area contributed by atoms with Crippen LogP contribution >= 0.6 is 15.9 Å².